The van der Waals surface area contributed by atoms with E-state index in [2.05, 4.69) is 9.97 Å². The van der Waals surface area contributed by atoms with Crippen molar-refractivity contribution in [2.24, 2.45) is 0 Å². The van der Waals surface area contributed by atoms with Crippen molar-refractivity contribution in [2.45, 2.75) is 24.8 Å². The molecule has 1 aromatic carbocycles. The molecule has 0 amide bonds. The summed E-state index contributed by atoms with van der Waals surface area (Å²) in [4.78, 5) is 8.82. The predicted octanol–water partition coefficient (Wildman–Crippen LogP) is 6.04. The Bertz CT molecular complexity index is 1780. The van der Waals surface area contributed by atoms with Crippen LogP contribution in [0.3, 0.4) is 0 Å². The van der Waals surface area contributed by atoms with E-state index in [0.29, 0.717) is 41.2 Å². The summed E-state index contributed by atoms with van der Waals surface area (Å²) in [6.07, 6.45) is 3.34. The van der Waals surface area contributed by atoms with Crippen molar-refractivity contribution in [1.82, 2.24) is 18.5 Å². The Morgan fingerprint density at radius 3 is 2.50 bits per heavy atom. The molecular weight excluding hydrogens is 554 g/mol. The number of hydrogen-bond acceptors (Lipinski definition) is 6. The summed E-state index contributed by atoms with van der Waals surface area (Å²) in [7, 11) is -1.22. The highest BCUT2D eigenvalue weighted by Crippen LogP contribution is 2.40. The Morgan fingerprint density at radius 1 is 1.11 bits per heavy atom. The zero-order chi connectivity index (χ0) is 27.2. The molecule has 0 bridgehead atoms. The predicted molar refractivity (Wildman–Crippen MR) is 146 cm³/mol. The third-order valence-corrected chi connectivity index (χ3v) is 8.61. The third kappa shape index (κ3) is 4.26. The van der Waals surface area contributed by atoms with Gasteiger partial charge in [0, 0.05) is 35.6 Å². The maximum atomic E-state index is 14.4. The number of aryl methyl sites for hydroxylation is 2. The van der Waals surface area contributed by atoms with Crippen LogP contribution in [0.2, 0.25) is 5.02 Å². The molecule has 12 heteroatoms. The summed E-state index contributed by atoms with van der Waals surface area (Å²) in [6, 6.07) is 9.72. The topological polar surface area (TPSA) is 88.2 Å². The summed E-state index contributed by atoms with van der Waals surface area (Å²) >= 11 is 12.3. The molecule has 0 aliphatic carbocycles. The van der Waals surface area contributed by atoms with Crippen LogP contribution in [0.4, 0.5) is 4.39 Å². The standard InChI is InChI=1S/C26H23Cl2FN4O4S/c1-15-5-7-16(8-6-15)38(34,35)33-20(11-17-23(28)19(29)13-30-25(17)33)18-14-32(10-4-9-27)21-12-22(36-2)26(37-3)31-24(18)21/h5-8,11-14H,4,9-10H2,1-3H3. The Labute approximate surface area is 228 Å². The smallest absolute Gasteiger partial charge is 0.269 e. The Morgan fingerprint density at radius 2 is 1.84 bits per heavy atom. The number of hydrogen-bond donors (Lipinski definition) is 0. The van der Waals surface area contributed by atoms with E-state index in [4.69, 9.17) is 32.7 Å². The first kappa shape index (κ1) is 26.3. The number of nitrogens with zero attached hydrogens (tertiary/aromatic N) is 4. The first-order valence-electron chi connectivity index (χ1n) is 11.6. The van der Waals surface area contributed by atoms with Gasteiger partial charge < -0.3 is 14.0 Å². The van der Waals surface area contributed by atoms with Crippen molar-refractivity contribution in [2.75, 3.05) is 20.1 Å². The molecule has 4 aromatic heterocycles. The molecule has 198 valence electrons. The lowest BCUT2D eigenvalue weighted by Gasteiger charge is -2.12. The van der Waals surface area contributed by atoms with Gasteiger partial charge in [0.25, 0.3) is 15.9 Å². The van der Waals surface area contributed by atoms with E-state index in [9.17, 15) is 12.8 Å². The molecule has 0 atom stereocenters. The lowest BCUT2D eigenvalue weighted by atomic mass is 10.2. The molecule has 5 rings (SSSR count). The number of fused-ring (bicyclic) bond motifs is 2. The zero-order valence-electron chi connectivity index (χ0n) is 20.7. The molecule has 0 saturated heterocycles. The number of ether oxygens (including phenoxy) is 2. The molecule has 0 fully saturated rings. The summed E-state index contributed by atoms with van der Waals surface area (Å²) in [5, 5.41) is -0.0771. The average Bonchev–Trinajstić information content (AvgIpc) is 3.47. The van der Waals surface area contributed by atoms with Crippen molar-refractivity contribution in [1.29, 1.82) is 0 Å². The number of rotatable bonds is 8. The van der Waals surface area contributed by atoms with Crippen LogP contribution in [-0.2, 0) is 16.6 Å². The van der Waals surface area contributed by atoms with Crippen LogP contribution in [0.25, 0.3) is 33.3 Å². The van der Waals surface area contributed by atoms with Gasteiger partial charge in [-0.2, -0.15) is 0 Å². The highest BCUT2D eigenvalue weighted by Gasteiger charge is 2.29. The molecule has 0 aliphatic rings. The first-order chi connectivity index (χ1) is 18.2. The van der Waals surface area contributed by atoms with Gasteiger partial charge in [-0.3, -0.25) is 0 Å². The quantitative estimate of drug-likeness (QED) is 0.209. The van der Waals surface area contributed by atoms with Crippen LogP contribution in [-0.4, -0.2) is 47.0 Å². The Hall–Kier alpha value is -3.34. The van der Waals surface area contributed by atoms with Gasteiger partial charge in [-0.05, 0) is 31.5 Å². The van der Waals surface area contributed by atoms with Crippen molar-refractivity contribution in [3.8, 4) is 22.9 Å². The normalized spacial score (nSPS) is 11.9. The number of halogens is 3. The Balaban J connectivity index is 1.89. The Kier molecular flexibility index (Phi) is 6.97. The molecular formula is C26H23Cl2FN4O4S. The number of aromatic nitrogens is 4. The van der Waals surface area contributed by atoms with E-state index in [1.54, 1.807) is 24.4 Å². The fraction of sp³-hybridized carbons (Fsp3) is 0.231. The maximum Gasteiger partial charge on any atom is 0.269 e. The minimum atomic E-state index is -4.19. The second-order valence-corrected chi connectivity index (χ2v) is 11.2. The summed E-state index contributed by atoms with van der Waals surface area (Å²) < 4.78 is 56.4. The molecule has 8 nitrogen and oxygen atoms in total. The summed E-state index contributed by atoms with van der Waals surface area (Å²) in [6.45, 7) is 2.40. The van der Waals surface area contributed by atoms with Crippen molar-refractivity contribution < 1.29 is 22.3 Å². The second kappa shape index (κ2) is 10.1. The van der Waals surface area contributed by atoms with Crippen LogP contribution < -0.4 is 9.47 Å². The van der Waals surface area contributed by atoms with Gasteiger partial charge >= 0.3 is 0 Å². The monoisotopic (exact) mass is 576 g/mol. The van der Waals surface area contributed by atoms with E-state index in [1.807, 2.05) is 11.5 Å². The van der Waals surface area contributed by atoms with Crippen LogP contribution in [0, 0.1) is 12.7 Å². The van der Waals surface area contributed by atoms with Gasteiger partial charge in [0.1, 0.15) is 5.52 Å². The van der Waals surface area contributed by atoms with Crippen LogP contribution in [0.5, 0.6) is 11.6 Å². The largest absolute Gasteiger partial charge is 0.491 e. The van der Waals surface area contributed by atoms with E-state index in [1.165, 1.54) is 32.4 Å². The summed E-state index contributed by atoms with van der Waals surface area (Å²) in [5.41, 5.74) is 2.71. The third-order valence-electron chi connectivity index (χ3n) is 6.24. The van der Waals surface area contributed by atoms with Crippen molar-refractivity contribution in [3.05, 3.63) is 65.2 Å². The molecule has 0 aliphatic heterocycles. The van der Waals surface area contributed by atoms with Gasteiger partial charge in [0.2, 0.25) is 0 Å². The van der Waals surface area contributed by atoms with Gasteiger partial charge in [0.15, 0.2) is 17.2 Å². The molecule has 38 heavy (non-hydrogen) atoms. The fourth-order valence-corrected chi connectivity index (χ4v) is 6.16. The molecule has 0 unspecified atom stereocenters. The number of benzene rings is 1. The van der Waals surface area contributed by atoms with Gasteiger partial charge in [-0.15, -0.1) is 11.6 Å². The highest BCUT2D eigenvalue weighted by molar-refractivity contribution is 7.90. The minimum Gasteiger partial charge on any atom is -0.491 e. The summed E-state index contributed by atoms with van der Waals surface area (Å²) in [5.74, 6) is 0.306. The van der Waals surface area contributed by atoms with Gasteiger partial charge in [-0.25, -0.2) is 26.7 Å². The number of methoxy groups -OCH3 is 2. The van der Waals surface area contributed by atoms with Crippen molar-refractivity contribution >= 4 is 55.3 Å². The van der Waals surface area contributed by atoms with Crippen LogP contribution >= 0.6 is 23.2 Å². The molecule has 5 aromatic rings. The van der Waals surface area contributed by atoms with Gasteiger partial charge in [-0.1, -0.05) is 29.3 Å². The molecule has 4 heterocycles. The molecule has 0 spiro atoms. The number of pyridine rings is 2. The molecule has 0 N–H and O–H groups in total. The molecule has 0 saturated carbocycles. The first-order valence-corrected chi connectivity index (χ1v) is 13.9. The van der Waals surface area contributed by atoms with E-state index < -0.39 is 15.8 Å². The lowest BCUT2D eigenvalue weighted by Crippen LogP contribution is -2.15. The second-order valence-electron chi connectivity index (χ2n) is 8.62. The van der Waals surface area contributed by atoms with E-state index in [0.717, 1.165) is 15.7 Å². The fourth-order valence-electron chi connectivity index (χ4n) is 4.38. The lowest BCUT2D eigenvalue weighted by molar-refractivity contribution is 0.344. The molecule has 0 radical (unpaired) electrons. The van der Waals surface area contributed by atoms with Gasteiger partial charge in [0.05, 0.1) is 41.5 Å². The maximum absolute atomic E-state index is 14.4. The van der Waals surface area contributed by atoms with Crippen molar-refractivity contribution in [3.63, 3.8) is 0 Å². The van der Waals surface area contributed by atoms with Crippen LogP contribution in [0.1, 0.15) is 12.0 Å². The minimum absolute atomic E-state index is 0.00545. The van der Waals surface area contributed by atoms with Crippen LogP contribution in [0.15, 0.2) is 53.7 Å². The zero-order valence-corrected chi connectivity index (χ0v) is 23.0. The average molecular weight is 577 g/mol. The number of alkyl halides is 1. The highest BCUT2D eigenvalue weighted by atomic mass is 35.5. The van der Waals surface area contributed by atoms with E-state index in [-0.39, 0.29) is 32.5 Å². The SMILES string of the molecule is COc1cc2c(nc1OC)c(-c1cc3c(Cl)c(F)cnc3n1S(=O)(=O)c1ccc(C)cc1)cn2CCCCl. The van der Waals surface area contributed by atoms with E-state index >= 15 is 0 Å².